The molecule has 3 N–H and O–H groups in total. The smallest absolute Gasteiger partial charge is 0.426 e. The number of hydrogen-bond acceptors (Lipinski definition) is 5. The largest absolute Gasteiger partial charge is 0.449 e. The van der Waals surface area contributed by atoms with E-state index in [1.54, 1.807) is 19.1 Å². The van der Waals surface area contributed by atoms with Gasteiger partial charge >= 0.3 is 6.09 Å². The minimum atomic E-state index is -0.803. The Balaban J connectivity index is 2.84. The number of nitrogens with zero attached hydrogens (tertiary/aromatic N) is 1. The van der Waals surface area contributed by atoms with E-state index in [0.29, 0.717) is 4.47 Å². The maximum absolute atomic E-state index is 12.0. The molecule has 0 atom stereocenters. The molecule has 1 rings (SSSR count). The van der Waals surface area contributed by atoms with Crippen LogP contribution in [0.15, 0.2) is 22.7 Å². The van der Waals surface area contributed by atoms with Crippen molar-refractivity contribution in [2.75, 3.05) is 11.9 Å². The zero-order valence-corrected chi connectivity index (χ0v) is 13.2. The van der Waals surface area contributed by atoms with Gasteiger partial charge < -0.3 is 10.1 Å². The van der Waals surface area contributed by atoms with Gasteiger partial charge in [-0.05, 0) is 25.1 Å². The lowest BCUT2D eigenvalue weighted by Gasteiger charge is -2.12. The molecule has 0 saturated carbocycles. The van der Waals surface area contributed by atoms with Crippen molar-refractivity contribution in [3.8, 4) is 6.07 Å². The first-order chi connectivity index (χ1) is 10.5. The summed E-state index contributed by atoms with van der Waals surface area (Å²) in [6.07, 6.45) is -1.14. The highest BCUT2D eigenvalue weighted by atomic mass is 79.9. The summed E-state index contributed by atoms with van der Waals surface area (Å²) in [7, 11) is 0. The van der Waals surface area contributed by atoms with Gasteiger partial charge in [0.15, 0.2) is 0 Å². The van der Waals surface area contributed by atoms with Gasteiger partial charge in [0.1, 0.15) is 6.42 Å². The molecule has 116 valence electrons. The molecule has 0 fully saturated rings. The summed E-state index contributed by atoms with van der Waals surface area (Å²) in [6.45, 7) is 1.79. The number of halogens is 1. The van der Waals surface area contributed by atoms with Crippen molar-refractivity contribution in [1.29, 1.82) is 5.26 Å². The summed E-state index contributed by atoms with van der Waals surface area (Å²) < 4.78 is 5.23. The highest BCUT2D eigenvalue weighted by molar-refractivity contribution is 9.10. The highest BCUT2D eigenvalue weighted by Gasteiger charge is 2.15. The summed E-state index contributed by atoms with van der Waals surface area (Å²) in [5.74, 6) is -1.19. The van der Waals surface area contributed by atoms with Crippen molar-refractivity contribution in [2.24, 2.45) is 0 Å². The van der Waals surface area contributed by atoms with Crippen molar-refractivity contribution in [3.05, 3.63) is 28.2 Å². The molecule has 0 bridgehead atoms. The number of benzene rings is 1. The Morgan fingerprint density at radius 1 is 1.32 bits per heavy atom. The predicted octanol–water partition coefficient (Wildman–Crippen LogP) is 1.69. The van der Waals surface area contributed by atoms with Gasteiger partial charge in [0.2, 0.25) is 5.91 Å². The van der Waals surface area contributed by atoms with E-state index < -0.39 is 17.9 Å². The average molecular weight is 369 g/mol. The van der Waals surface area contributed by atoms with Crippen LogP contribution in [0.1, 0.15) is 23.7 Å². The van der Waals surface area contributed by atoms with Crippen LogP contribution in [0.4, 0.5) is 10.5 Å². The molecule has 1 aromatic rings. The van der Waals surface area contributed by atoms with E-state index in [2.05, 4.69) is 36.8 Å². The van der Waals surface area contributed by atoms with Crippen molar-refractivity contribution in [1.82, 2.24) is 10.9 Å². The second kappa shape index (κ2) is 8.63. The maximum Gasteiger partial charge on any atom is 0.426 e. The van der Waals surface area contributed by atoms with Gasteiger partial charge in [-0.2, -0.15) is 5.26 Å². The van der Waals surface area contributed by atoms with Crippen molar-refractivity contribution >= 4 is 39.5 Å². The first kappa shape index (κ1) is 17.5. The van der Waals surface area contributed by atoms with Gasteiger partial charge in [0, 0.05) is 4.47 Å². The molecule has 0 aliphatic rings. The molecule has 0 aliphatic carbocycles. The molecule has 0 aromatic heterocycles. The van der Waals surface area contributed by atoms with Crippen molar-refractivity contribution < 1.29 is 19.1 Å². The van der Waals surface area contributed by atoms with Gasteiger partial charge in [-0.15, -0.1) is 0 Å². The zero-order chi connectivity index (χ0) is 16.5. The molecule has 8 nitrogen and oxygen atoms in total. The van der Waals surface area contributed by atoms with Crippen LogP contribution in [-0.2, 0) is 9.53 Å². The Labute approximate surface area is 134 Å². The van der Waals surface area contributed by atoms with Crippen LogP contribution in [-0.4, -0.2) is 24.5 Å². The Morgan fingerprint density at radius 2 is 2.05 bits per heavy atom. The molecule has 9 heteroatoms. The van der Waals surface area contributed by atoms with Gasteiger partial charge in [-0.1, -0.05) is 15.9 Å². The Morgan fingerprint density at radius 3 is 2.68 bits per heavy atom. The Kier molecular flexibility index (Phi) is 6.85. The maximum atomic E-state index is 12.0. The second-order valence-corrected chi connectivity index (χ2v) is 4.79. The normalized spacial score (nSPS) is 9.32. The van der Waals surface area contributed by atoms with Crippen LogP contribution >= 0.6 is 15.9 Å². The fourth-order valence-corrected chi connectivity index (χ4v) is 1.79. The van der Waals surface area contributed by atoms with Crippen molar-refractivity contribution in [3.63, 3.8) is 0 Å². The van der Waals surface area contributed by atoms with Crippen LogP contribution < -0.4 is 16.2 Å². The monoisotopic (exact) mass is 368 g/mol. The van der Waals surface area contributed by atoms with Crippen LogP contribution in [0, 0.1) is 11.3 Å². The number of ether oxygens (including phenoxy) is 1. The number of carbonyl (C=O) groups is 3. The first-order valence-corrected chi connectivity index (χ1v) is 6.96. The lowest BCUT2D eigenvalue weighted by molar-refractivity contribution is -0.115. The topological polar surface area (TPSA) is 120 Å². The lowest BCUT2D eigenvalue weighted by Crippen LogP contribution is -2.42. The molecule has 0 aliphatic heterocycles. The standard InChI is InChI=1S/C13H13BrN4O4/c1-2-22-13(21)18-17-12(20)9-4-3-8(14)7-10(9)16-11(19)5-6-15/h3-4,7H,2,5H2,1H3,(H,16,19)(H,17,20)(H,18,21). The van der Waals surface area contributed by atoms with Crippen LogP contribution in [0.25, 0.3) is 0 Å². The summed E-state index contributed by atoms with van der Waals surface area (Å²) in [4.78, 5) is 34.6. The molecule has 0 saturated heterocycles. The third-order valence-corrected chi connectivity index (χ3v) is 2.79. The number of carbonyl (C=O) groups excluding carboxylic acids is 3. The van der Waals surface area contributed by atoms with Crippen LogP contribution in [0.3, 0.4) is 0 Å². The SMILES string of the molecule is CCOC(=O)NNC(=O)c1ccc(Br)cc1NC(=O)CC#N. The minimum Gasteiger partial charge on any atom is -0.449 e. The third kappa shape index (κ3) is 5.41. The molecule has 0 radical (unpaired) electrons. The van der Waals surface area contributed by atoms with E-state index in [1.165, 1.54) is 12.1 Å². The summed E-state index contributed by atoms with van der Waals surface area (Å²) in [6, 6.07) is 6.26. The van der Waals surface area contributed by atoms with E-state index >= 15 is 0 Å². The van der Waals surface area contributed by atoms with E-state index in [-0.39, 0.29) is 24.3 Å². The molecule has 1 aromatic carbocycles. The second-order valence-electron chi connectivity index (χ2n) is 3.87. The first-order valence-electron chi connectivity index (χ1n) is 6.17. The summed E-state index contributed by atoms with van der Waals surface area (Å²) in [5.41, 5.74) is 4.54. The van der Waals surface area contributed by atoms with Gasteiger partial charge in [-0.25, -0.2) is 10.2 Å². The summed E-state index contributed by atoms with van der Waals surface area (Å²) >= 11 is 3.22. The molecule has 0 heterocycles. The molecule has 0 unspecified atom stereocenters. The van der Waals surface area contributed by atoms with Crippen LogP contribution in [0.5, 0.6) is 0 Å². The van der Waals surface area contributed by atoms with E-state index in [4.69, 9.17) is 5.26 Å². The Bertz CT molecular complexity index is 627. The number of hydrazine groups is 1. The third-order valence-electron chi connectivity index (χ3n) is 2.29. The Hall–Kier alpha value is -2.60. The van der Waals surface area contributed by atoms with E-state index in [0.717, 1.165) is 0 Å². The quantitative estimate of drug-likeness (QED) is 0.698. The molecule has 3 amide bonds. The van der Waals surface area contributed by atoms with Crippen LogP contribution in [0.2, 0.25) is 0 Å². The van der Waals surface area contributed by atoms with E-state index in [1.807, 2.05) is 0 Å². The molecule has 22 heavy (non-hydrogen) atoms. The van der Waals surface area contributed by atoms with E-state index in [9.17, 15) is 14.4 Å². The number of hydrogen-bond donors (Lipinski definition) is 3. The fraction of sp³-hybridized carbons (Fsp3) is 0.231. The summed E-state index contributed by atoms with van der Waals surface area (Å²) in [5, 5.41) is 10.9. The average Bonchev–Trinajstić information content (AvgIpc) is 2.45. The minimum absolute atomic E-state index is 0.117. The zero-order valence-electron chi connectivity index (χ0n) is 11.6. The molecular formula is C13H13BrN4O4. The number of amides is 3. The molecular weight excluding hydrogens is 356 g/mol. The fourth-order valence-electron chi connectivity index (χ4n) is 1.43. The number of nitriles is 1. The predicted molar refractivity (Wildman–Crippen MR) is 80.6 cm³/mol. The van der Waals surface area contributed by atoms with Gasteiger partial charge in [0.05, 0.1) is 23.9 Å². The highest BCUT2D eigenvalue weighted by Crippen LogP contribution is 2.21. The molecule has 0 spiro atoms. The number of anilines is 1. The number of nitrogens with one attached hydrogen (secondary N) is 3. The lowest BCUT2D eigenvalue weighted by atomic mass is 10.1. The number of rotatable bonds is 4. The van der Waals surface area contributed by atoms with Crippen molar-refractivity contribution in [2.45, 2.75) is 13.3 Å². The van der Waals surface area contributed by atoms with Gasteiger partial charge in [0.25, 0.3) is 5.91 Å². The van der Waals surface area contributed by atoms with Gasteiger partial charge in [-0.3, -0.25) is 15.0 Å².